The predicted molar refractivity (Wildman–Crippen MR) is 76.4 cm³/mol. The van der Waals surface area contributed by atoms with Crippen molar-refractivity contribution in [3.63, 3.8) is 0 Å². The standard InChI is InChI=1S/C14H12N4OS/c15-14-16-11(7-20-14)13-17-12(18-19-13)10-5-8-3-1-2-4-9(8)6-10/h1-4,7,10H,5-6H2,(H2,15,16). The molecule has 1 aromatic carbocycles. The van der Waals surface area contributed by atoms with E-state index in [1.54, 1.807) is 0 Å². The van der Waals surface area contributed by atoms with Crippen molar-refractivity contribution in [1.29, 1.82) is 0 Å². The zero-order valence-electron chi connectivity index (χ0n) is 10.6. The molecule has 4 rings (SSSR count). The second-order valence-electron chi connectivity index (χ2n) is 4.90. The van der Waals surface area contributed by atoms with Gasteiger partial charge < -0.3 is 10.3 Å². The maximum Gasteiger partial charge on any atom is 0.277 e. The number of nitrogen functional groups attached to an aromatic ring is 1. The number of rotatable bonds is 2. The third-order valence-electron chi connectivity index (χ3n) is 3.60. The number of benzene rings is 1. The van der Waals surface area contributed by atoms with E-state index in [0.29, 0.717) is 22.6 Å². The predicted octanol–water partition coefficient (Wildman–Crippen LogP) is 2.66. The number of nitrogens with zero attached hydrogens (tertiary/aromatic N) is 3. The van der Waals surface area contributed by atoms with Crippen molar-refractivity contribution in [2.24, 2.45) is 0 Å². The molecule has 2 aromatic heterocycles. The highest BCUT2D eigenvalue weighted by Gasteiger charge is 2.27. The molecule has 0 unspecified atom stereocenters. The summed E-state index contributed by atoms with van der Waals surface area (Å²) in [5.74, 6) is 1.49. The highest BCUT2D eigenvalue weighted by molar-refractivity contribution is 7.13. The third kappa shape index (κ3) is 1.89. The molecule has 0 fully saturated rings. The minimum absolute atomic E-state index is 0.292. The Balaban J connectivity index is 1.61. The normalized spacial score (nSPS) is 14.6. The fraction of sp³-hybridized carbons (Fsp3) is 0.214. The molecular formula is C14H12N4OS. The zero-order valence-corrected chi connectivity index (χ0v) is 11.4. The van der Waals surface area contributed by atoms with E-state index < -0.39 is 0 Å². The van der Waals surface area contributed by atoms with Crippen molar-refractivity contribution in [3.05, 3.63) is 46.6 Å². The quantitative estimate of drug-likeness (QED) is 0.782. The van der Waals surface area contributed by atoms with Crippen LogP contribution in [0.3, 0.4) is 0 Å². The smallest absolute Gasteiger partial charge is 0.277 e. The molecule has 0 spiro atoms. The molecule has 2 N–H and O–H groups in total. The number of hydrogen-bond acceptors (Lipinski definition) is 6. The van der Waals surface area contributed by atoms with Gasteiger partial charge in [0.1, 0.15) is 5.69 Å². The van der Waals surface area contributed by atoms with Gasteiger partial charge in [0, 0.05) is 11.3 Å². The van der Waals surface area contributed by atoms with Crippen LogP contribution in [-0.2, 0) is 12.8 Å². The molecule has 3 aromatic rings. The summed E-state index contributed by atoms with van der Waals surface area (Å²) in [4.78, 5) is 8.63. The first-order chi connectivity index (χ1) is 9.79. The molecule has 0 saturated carbocycles. The van der Waals surface area contributed by atoms with Gasteiger partial charge in [-0.15, -0.1) is 11.3 Å². The van der Waals surface area contributed by atoms with Crippen LogP contribution in [-0.4, -0.2) is 15.1 Å². The van der Waals surface area contributed by atoms with E-state index in [9.17, 15) is 0 Å². The lowest BCUT2D eigenvalue weighted by Crippen LogP contribution is -2.00. The number of hydrogen-bond donors (Lipinski definition) is 1. The van der Waals surface area contributed by atoms with Crippen LogP contribution in [0.25, 0.3) is 11.6 Å². The van der Waals surface area contributed by atoms with Crippen LogP contribution in [0.4, 0.5) is 5.13 Å². The van der Waals surface area contributed by atoms with Crippen molar-refractivity contribution in [3.8, 4) is 11.6 Å². The van der Waals surface area contributed by atoms with E-state index in [1.807, 2.05) is 5.38 Å². The Morgan fingerprint density at radius 3 is 2.55 bits per heavy atom. The second-order valence-corrected chi connectivity index (χ2v) is 5.79. The summed E-state index contributed by atoms with van der Waals surface area (Å²) in [6.45, 7) is 0. The van der Waals surface area contributed by atoms with Crippen LogP contribution < -0.4 is 5.73 Å². The Bertz CT molecular complexity index is 739. The van der Waals surface area contributed by atoms with Crippen molar-refractivity contribution >= 4 is 16.5 Å². The summed E-state index contributed by atoms with van der Waals surface area (Å²) >= 11 is 1.37. The molecular weight excluding hydrogens is 272 g/mol. The van der Waals surface area contributed by atoms with Gasteiger partial charge in [0.2, 0.25) is 0 Å². The van der Waals surface area contributed by atoms with Gasteiger partial charge in [0.25, 0.3) is 5.89 Å². The lowest BCUT2D eigenvalue weighted by molar-refractivity contribution is 0.415. The molecule has 100 valence electrons. The molecule has 1 aliphatic rings. The summed E-state index contributed by atoms with van der Waals surface area (Å²) < 4.78 is 5.30. The van der Waals surface area contributed by atoms with Gasteiger partial charge in [-0.1, -0.05) is 29.4 Å². The highest BCUT2D eigenvalue weighted by Crippen LogP contribution is 2.33. The van der Waals surface area contributed by atoms with E-state index in [1.165, 1.54) is 22.5 Å². The summed E-state index contributed by atoms with van der Waals surface area (Å²) in [7, 11) is 0. The SMILES string of the molecule is Nc1nc(-c2nc(C3Cc4ccccc4C3)no2)cs1. The Hall–Kier alpha value is -2.21. The van der Waals surface area contributed by atoms with Gasteiger partial charge in [0.05, 0.1) is 0 Å². The average Bonchev–Trinajstić information content (AvgIpc) is 3.16. The summed E-state index contributed by atoms with van der Waals surface area (Å²) in [5, 5.41) is 6.44. The molecule has 5 nitrogen and oxygen atoms in total. The van der Waals surface area contributed by atoms with Crippen molar-refractivity contribution < 1.29 is 4.52 Å². The Morgan fingerprint density at radius 2 is 1.90 bits per heavy atom. The van der Waals surface area contributed by atoms with Crippen molar-refractivity contribution in [2.75, 3.05) is 5.73 Å². The van der Waals surface area contributed by atoms with E-state index in [0.717, 1.165) is 18.7 Å². The van der Waals surface area contributed by atoms with E-state index >= 15 is 0 Å². The fourth-order valence-electron chi connectivity index (χ4n) is 2.63. The van der Waals surface area contributed by atoms with Crippen LogP contribution >= 0.6 is 11.3 Å². The third-order valence-corrected chi connectivity index (χ3v) is 4.27. The van der Waals surface area contributed by atoms with Crippen LogP contribution in [0.15, 0.2) is 34.2 Å². The number of nitrogens with two attached hydrogens (primary N) is 1. The Kier molecular flexibility index (Phi) is 2.56. The van der Waals surface area contributed by atoms with Crippen LogP contribution in [0.1, 0.15) is 22.9 Å². The minimum Gasteiger partial charge on any atom is -0.375 e. The zero-order chi connectivity index (χ0) is 13.5. The van der Waals surface area contributed by atoms with Crippen LogP contribution in [0, 0.1) is 0 Å². The van der Waals surface area contributed by atoms with E-state index in [-0.39, 0.29) is 0 Å². The molecule has 0 bridgehead atoms. The molecule has 20 heavy (non-hydrogen) atoms. The topological polar surface area (TPSA) is 77.8 Å². The summed E-state index contributed by atoms with van der Waals surface area (Å²) in [6, 6.07) is 8.47. The number of aromatic nitrogens is 3. The monoisotopic (exact) mass is 284 g/mol. The first kappa shape index (κ1) is 11.6. The van der Waals surface area contributed by atoms with Crippen molar-refractivity contribution in [2.45, 2.75) is 18.8 Å². The van der Waals surface area contributed by atoms with E-state index in [4.69, 9.17) is 10.3 Å². The molecule has 1 aliphatic carbocycles. The number of anilines is 1. The van der Waals surface area contributed by atoms with Gasteiger partial charge in [-0.2, -0.15) is 4.98 Å². The molecule has 0 saturated heterocycles. The van der Waals surface area contributed by atoms with Gasteiger partial charge in [0.15, 0.2) is 11.0 Å². The molecule has 0 amide bonds. The maximum atomic E-state index is 5.62. The largest absolute Gasteiger partial charge is 0.375 e. The van der Waals surface area contributed by atoms with Gasteiger partial charge in [-0.05, 0) is 24.0 Å². The summed E-state index contributed by atoms with van der Waals surface area (Å²) in [6.07, 6.45) is 1.93. The molecule has 0 radical (unpaired) electrons. The van der Waals surface area contributed by atoms with Gasteiger partial charge in [-0.25, -0.2) is 4.98 Å². The molecule has 6 heteroatoms. The molecule has 2 heterocycles. The number of fused-ring (bicyclic) bond motifs is 1. The van der Waals surface area contributed by atoms with Crippen molar-refractivity contribution in [1.82, 2.24) is 15.1 Å². The lowest BCUT2D eigenvalue weighted by Gasteiger charge is -2.00. The van der Waals surface area contributed by atoms with Crippen LogP contribution in [0.5, 0.6) is 0 Å². The Morgan fingerprint density at radius 1 is 1.15 bits per heavy atom. The fourth-order valence-corrected chi connectivity index (χ4v) is 3.17. The van der Waals surface area contributed by atoms with Crippen LogP contribution in [0.2, 0.25) is 0 Å². The first-order valence-corrected chi connectivity index (χ1v) is 7.29. The first-order valence-electron chi connectivity index (χ1n) is 6.41. The van der Waals surface area contributed by atoms with Gasteiger partial charge in [-0.3, -0.25) is 0 Å². The minimum atomic E-state index is 0.292. The average molecular weight is 284 g/mol. The Labute approximate surface area is 119 Å². The maximum absolute atomic E-state index is 5.62. The highest BCUT2D eigenvalue weighted by atomic mass is 32.1. The molecule has 0 aliphatic heterocycles. The summed E-state index contributed by atoms with van der Waals surface area (Å²) in [5.41, 5.74) is 9.03. The number of thiazole rings is 1. The lowest BCUT2D eigenvalue weighted by atomic mass is 10.1. The molecule has 0 atom stereocenters. The van der Waals surface area contributed by atoms with Gasteiger partial charge >= 0.3 is 0 Å². The second kappa shape index (κ2) is 4.42. The van der Waals surface area contributed by atoms with E-state index in [2.05, 4.69) is 39.4 Å².